The lowest BCUT2D eigenvalue weighted by molar-refractivity contribution is -0.117. The average molecular weight is 299 g/mol. The molecule has 3 rings (SSSR count). The fourth-order valence-electron chi connectivity index (χ4n) is 2.57. The van der Waals surface area contributed by atoms with Crippen LogP contribution in [0.2, 0.25) is 0 Å². The van der Waals surface area contributed by atoms with Gasteiger partial charge >= 0.3 is 0 Å². The second-order valence-corrected chi connectivity index (χ2v) is 5.26. The maximum atomic E-state index is 12.3. The lowest BCUT2D eigenvalue weighted by Crippen LogP contribution is -2.26. The molecule has 2 aromatic heterocycles. The summed E-state index contributed by atoms with van der Waals surface area (Å²) < 4.78 is 3.12. The minimum atomic E-state index is -0.205. The highest BCUT2D eigenvalue weighted by molar-refractivity contribution is 5.92. The summed E-state index contributed by atoms with van der Waals surface area (Å²) in [6.45, 7) is 3.72. The fourth-order valence-corrected chi connectivity index (χ4v) is 2.57. The Hall–Kier alpha value is -2.83. The van der Waals surface area contributed by atoms with Crippen LogP contribution in [0.5, 0.6) is 0 Å². The van der Waals surface area contributed by atoms with Crippen molar-refractivity contribution in [2.45, 2.75) is 20.4 Å². The third kappa shape index (κ3) is 2.20. The Labute approximate surface area is 126 Å². The maximum Gasteiger partial charge on any atom is 0.274 e. The summed E-state index contributed by atoms with van der Waals surface area (Å²) in [6.07, 6.45) is 0. The van der Waals surface area contributed by atoms with Gasteiger partial charge in [0.15, 0.2) is 0 Å². The van der Waals surface area contributed by atoms with Crippen molar-refractivity contribution in [3.63, 3.8) is 0 Å². The SMILES string of the molecule is Cc1n[nH]c(C)c1NC(=O)Cn1c2ccccc2c(=O)n1C. The Bertz CT molecular complexity index is 896. The first-order valence-corrected chi connectivity index (χ1v) is 6.95. The molecule has 0 spiro atoms. The molecule has 7 nitrogen and oxygen atoms in total. The highest BCUT2D eigenvalue weighted by atomic mass is 16.2. The number of H-pyrrole nitrogens is 1. The summed E-state index contributed by atoms with van der Waals surface area (Å²) in [5.41, 5.74) is 2.85. The van der Waals surface area contributed by atoms with E-state index in [1.54, 1.807) is 17.8 Å². The van der Waals surface area contributed by atoms with Crippen molar-refractivity contribution >= 4 is 22.5 Å². The summed E-state index contributed by atoms with van der Waals surface area (Å²) in [4.78, 5) is 24.5. The third-order valence-corrected chi connectivity index (χ3v) is 3.75. The van der Waals surface area contributed by atoms with Gasteiger partial charge in [0, 0.05) is 7.05 Å². The molecule has 114 valence electrons. The normalized spacial score (nSPS) is 11.0. The molecule has 0 aliphatic rings. The highest BCUT2D eigenvalue weighted by Gasteiger charge is 2.15. The van der Waals surface area contributed by atoms with Crippen LogP contribution in [0, 0.1) is 13.8 Å². The van der Waals surface area contributed by atoms with E-state index < -0.39 is 0 Å². The van der Waals surface area contributed by atoms with E-state index >= 15 is 0 Å². The number of nitrogens with one attached hydrogen (secondary N) is 2. The van der Waals surface area contributed by atoms with Gasteiger partial charge in [-0.1, -0.05) is 12.1 Å². The van der Waals surface area contributed by atoms with E-state index in [9.17, 15) is 9.59 Å². The van der Waals surface area contributed by atoms with Crippen LogP contribution in [-0.2, 0) is 18.4 Å². The van der Waals surface area contributed by atoms with Gasteiger partial charge in [0.05, 0.1) is 28.0 Å². The van der Waals surface area contributed by atoms with Gasteiger partial charge in [-0.25, -0.2) is 0 Å². The van der Waals surface area contributed by atoms with Crippen molar-refractivity contribution in [2.75, 3.05) is 5.32 Å². The first-order chi connectivity index (χ1) is 10.5. The lowest BCUT2D eigenvalue weighted by Gasteiger charge is -2.10. The summed E-state index contributed by atoms with van der Waals surface area (Å²) in [6, 6.07) is 7.25. The van der Waals surface area contributed by atoms with Crippen LogP contribution in [-0.4, -0.2) is 25.5 Å². The maximum absolute atomic E-state index is 12.3. The highest BCUT2D eigenvalue weighted by Crippen LogP contribution is 2.16. The van der Waals surface area contributed by atoms with Gasteiger partial charge in [-0.2, -0.15) is 5.10 Å². The fraction of sp³-hybridized carbons (Fsp3) is 0.267. The van der Waals surface area contributed by atoms with Gasteiger partial charge in [-0.15, -0.1) is 0 Å². The minimum Gasteiger partial charge on any atom is -0.321 e. The quantitative estimate of drug-likeness (QED) is 0.765. The van der Waals surface area contributed by atoms with Gasteiger partial charge in [-0.05, 0) is 26.0 Å². The molecule has 0 unspecified atom stereocenters. The first kappa shape index (κ1) is 14.1. The molecule has 2 heterocycles. The molecular formula is C15H17N5O2. The molecule has 1 aromatic carbocycles. The number of amides is 1. The molecule has 0 bridgehead atoms. The average Bonchev–Trinajstić information content (AvgIpc) is 2.94. The topological polar surface area (TPSA) is 84.7 Å². The number of aryl methyl sites for hydroxylation is 2. The molecule has 0 fully saturated rings. The number of carbonyl (C=O) groups excluding carboxylic acids is 1. The lowest BCUT2D eigenvalue weighted by atomic mass is 10.2. The van der Waals surface area contributed by atoms with E-state index in [2.05, 4.69) is 15.5 Å². The Morgan fingerprint density at radius 1 is 1.32 bits per heavy atom. The van der Waals surface area contributed by atoms with E-state index in [4.69, 9.17) is 0 Å². The number of para-hydroxylation sites is 1. The summed E-state index contributed by atoms with van der Waals surface area (Å²) in [5.74, 6) is -0.205. The summed E-state index contributed by atoms with van der Waals surface area (Å²) >= 11 is 0. The van der Waals surface area contributed by atoms with Crippen LogP contribution >= 0.6 is 0 Å². The van der Waals surface area contributed by atoms with Crippen LogP contribution in [0.25, 0.3) is 10.9 Å². The number of rotatable bonds is 3. The van der Waals surface area contributed by atoms with Gasteiger partial charge in [0.2, 0.25) is 5.91 Å². The second-order valence-electron chi connectivity index (χ2n) is 5.26. The number of aromatic amines is 1. The van der Waals surface area contributed by atoms with Crippen molar-refractivity contribution in [3.05, 3.63) is 46.0 Å². The number of anilines is 1. The van der Waals surface area contributed by atoms with Crippen molar-refractivity contribution in [1.82, 2.24) is 19.6 Å². The van der Waals surface area contributed by atoms with Crippen molar-refractivity contribution in [2.24, 2.45) is 7.05 Å². The summed E-state index contributed by atoms with van der Waals surface area (Å²) in [7, 11) is 1.66. The third-order valence-electron chi connectivity index (χ3n) is 3.75. The number of hydrogen-bond donors (Lipinski definition) is 2. The molecule has 0 atom stereocenters. The van der Waals surface area contributed by atoms with Crippen molar-refractivity contribution < 1.29 is 4.79 Å². The molecule has 0 radical (unpaired) electrons. The van der Waals surface area contributed by atoms with Gasteiger partial charge in [0.25, 0.3) is 5.56 Å². The van der Waals surface area contributed by atoms with Gasteiger partial charge in [0.1, 0.15) is 6.54 Å². The second kappa shape index (κ2) is 5.18. The number of fused-ring (bicyclic) bond motifs is 1. The standard InChI is InChI=1S/C15H17N5O2/c1-9-14(10(2)18-17-9)16-13(21)8-20-12-7-5-4-6-11(12)15(22)19(20)3/h4-7H,8H2,1-3H3,(H,16,21)(H,17,18). The first-order valence-electron chi connectivity index (χ1n) is 6.95. The number of benzene rings is 1. The zero-order chi connectivity index (χ0) is 15.9. The number of carbonyl (C=O) groups is 1. The van der Waals surface area contributed by atoms with Crippen LogP contribution < -0.4 is 10.9 Å². The molecule has 0 saturated heterocycles. The zero-order valence-corrected chi connectivity index (χ0v) is 12.7. The van der Waals surface area contributed by atoms with Crippen LogP contribution in [0.1, 0.15) is 11.4 Å². The van der Waals surface area contributed by atoms with Gasteiger partial charge in [-0.3, -0.25) is 24.1 Å². The minimum absolute atomic E-state index is 0.0588. The molecule has 0 aliphatic carbocycles. The van der Waals surface area contributed by atoms with E-state index in [0.717, 1.165) is 16.9 Å². The zero-order valence-electron chi connectivity index (χ0n) is 12.7. The predicted molar refractivity (Wildman–Crippen MR) is 83.9 cm³/mol. The van der Waals surface area contributed by atoms with E-state index in [1.807, 2.05) is 32.0 Å². The molecule has 3 aromatic rings. The smallest absolute Gasteiger partial charge is 0.274 e. The summed E-state index contributed by atoms with van der Waals surface area (Å²) in [5, 5.41) is 10.3. The van der Waals surface area contributed by atoms with Crippen LogP contribution in [0.15, 0.2) is 29.1 Å². The molecule has 1 amide bonds. The van der Waals surface area contributed by atoms with Crippen LogP contribution in [0.4, 0.5) is 5.69 Å². The van der Waals surface area contributed by atoms with E-state index in [1.165, 1.54) is 4.68 Å². The molecule has 0 aliphatic heterocycles. The van der Waals surface area contributed by atoms with Crippen LogP contribution in [0.3, 0.4) is 0 Å². The van der Waals surface area contributed by atoms with Crippen molar-refractivity contribution in [3.8, 4) is 0 Å². The number of aromatic nitrogens is 4. The van der Waals surface area contributed by atoms with E-state index in [0.29, 0.717) is 11.1 Å². The Morgan fingerprint density at radius 3 is 2.73 bits per heavy atom. The molecule has 7 heteroatoms. The molecule has 0 saturated carbocycles. The Balaban J connectivity index is 1.92. The monoisotopic (exact) mass is 299 g/mol. The molecule has 22 heavy (non-hydrogen) atoms. The molecule has 2 N–H and O–H groups in total. The number of nitrogens with zero attached hydrogens (tertiary/aromatic N) is 3. The van der Waals surface area contributed by atoms with Crippen molar-refractivity contribution in [1.29, 1.82) is 0 Å². The predicted octanol–water partition coefficient (Wildman–Crippen LogP) is 1.32. The Kier molecular flexibility index (Phi) is 3.32. The Morgan fingerprint density at radius 2 is 2.05 bits per heavy atom. The molecular weight excluding hydrogens is 282 g/mol. The number of hydrogen-bond acceptors (Lipinski definition) is 3. The van der Waals surface area contributed by atoms with Gasteiger partial charge < -0.3 is 5.32 Å². The largest absolute Gasteiger partial charge is 0.321 e. The van der Waals surface area contributed by atoms with E-state index in [-0.39, 0.29) is 18.0 Å².